The normalized spacial score (nSPS) is 19.0. The summed E-state index contributed by atoms with van der Waals surface area (Å²) >= 11 is 3.48. The van der Waals surface area contributed by atoms with Gasteiger partial charge in [0.1, 0.15) is 13.2 Å². The summed E-state index contributed by atoms with van der Waals surface area (Å²) in [7, 11) is -5.87. The van der Waals surface area contributed by atoms with Gasteiger partial charge in [0.15, 0.2) is 23.8 Å². The Bertz CT molecular complexity index is 1890. The summed E-state index contributed by atoms with van der Waals surface area (Å²) < 4.78 is 49.9. The van der Waals surface area contributed by atoms with E-state index in [0.717, 1.165) is 24.0 Å². The van der Waals surface area contributed by atoms with Gasteiger partial charge in [0, 0.05) is 97.0 Å². The van der Waals surface area contributed by atoms with Crippen LogP contribution in [0.15, 0.2) is 24.3 Å². The molecule has 1 aliphatic rings. The van der Waals surface area contributed by atoms with E-state index in [1.807, 2.05) is 79.7 Å². The Balaban J connectivity index is 2.53. The molecule has 0 saturated carbocycles. The Labute approximate surface area is 492 Å². The zero-order valence-corrected chi connectivity index (χ0v) is 54.7. The number of ether oxygens (including phenoxy) is 2. The second kappa shape index (κ2) is 39.0. The van der Waals surface area contributed by atoms with Crippen molar-refractivity contribution in [3.05, 3.63) is 35.4 Å². The van der Waals surface area contributed by atoms with E-state index in [-0.39, 0.29) is 57.6 Å². The molecular formula is C60H102N2O14S2Si2. The standard InChI is InChI=1S/C60H102N2O14S2Si2/c1-15-49(57(43(11)35-47(53(65)39-63)33-41(9)37-61)77-29-25-31-79(69-17-3,70-18-4)71-19-5)45(13)59(67)75-55-51-27-23-24-28-52(51)56(55)76-60(68)46(14)50(16-2)58(44(12)36-48(54(66)40-64)34-42(10)38-62)78-30-26-32-80(72-20-6,73-21-7)74-22-8/h23-24,27-28,41-50,55-58,63-64H,15-22,25-26,29-36,39-40H2,1-14H3/t41?,42?,43?,44?,45?,46?,47?,48?,49?,50?,55-,56+,57?,58?. The quantitative estimate of drug-likeness (QED) is 0.0351. The zero-order valence-electron chi connectivity index (χ0n) is 51.0. The fraction of sp³-hybridized carbons (Fsp3) is 0.800. The average molecular weight is 1200 g/mol. The van der Waals surface area contributed by atoms with Crippen molar-refractivity contribution in [2.24, 2.45) is 59.2 Å². The van der Waals surface area contributed by atoms with E-state index in [4.69, 9.17) is 36.0 Å². The summed E-state index contributed by atoms with van der Waals surface area (Å²) in [5.41, 5.74) is 1.53. The number of nitrogens with zero attached hydrogens (tertiary/aromatic N) is 2. The van der Waals surface area contributed by atoms with Crippen LogP contribution < -0.4 is 0 Å². The first kappa shape index (κ1) is 73.4. The summed E-state index contributed by atoms with van der Waals surface area (Å²) in [4.78, 5) is 55.8. The lowest BCUT2D eigenvalue weighted by Crippen LogP contribution is -2.46. The molecule has 0 amide bonds. The molecule has 2 N–H and O–H groups in total. The minimum absolute atomic E-state index is 0.104. The molecular weight excluding hydrogens is 1090 g/mol. The van der Waals surface area contributed by atoms with Gasteiger partial charge in [0.2, 0.25) is 0 Å². The molecule has 1 aromatic carbocycles. The third-order valence-electron chi connectivity index (χ3n) is 15.6. The van der Waals surface area contributed by atoms with Gasteiger partial charge in [0.25, 0.3) is 0 Å². The van der Waals surface area contributed by atoms with E-state index in [9.17, 15) is 39.9 Å². The number of thioether (sulfide) groups is 2. The fourth-order valence-electron chi connectivity index (χ4n) is 11.6. The number of aliphatic hydroxyl groups is 2. The topological polar surface area (TPSA) is 230 Å². The highest BCUT2D eigenvalue weighted by molar-refractivity contribution is 8.00. The first-order chi connectivity index (χ1) is 38.2. The lowest BCUT2D eigenvalue weighted by atomic mass is 9.77. The van der Waals surface area contributed by atoms with Gasteiger partial charge in [-0.1, -0.05) is 78.6 Å². The van der Waals surface area contributed by atoms with E-state index in [2.05, 4.69) is 39.8 Å². The first-order valence-electron chi connectivity index (χ1n) is 29.9. The second-order valence-corrected chi connectivity index (χ2v) is 29.5. The van der Waals surface area contributed by atoms with Crippen molar-refractivity contribution < 1.29 is 65.4 Å². The smallest absolute Gasteiger partial charge is 0.453 e. The number of hydrogen-bond acceptors (Lipinski definition) is 18. The van der Waals surface area contributed by atoms with Gasteiger partial charge >= 0.3 is 29.5 Å². The van der Waals surface area contributed by atoms with Gasteiger partial charge < -0.3 is 46.2 Å². The molecule has 0 saturated heterocycles. The minimum Gasteiger partial charge on any atom is -0.453 e. The number of carbonyl (C=O) groups is 4. The van der Waals surface area contributed by atoms with Gasteiger partial charge in [0.05, 0.1) is 24.0 Å². The van der Waals surface area contributed by atoms with Gasteiger partial charge in [-0.2, -0.15) is 34.0 Å². The van der Waals surface area contributed by atoms with Crippen LogP contribution in [0.3, 0.4) is 0 Å². The first-order valence-corrected chi connectivity index (χ1v) is 35.8. The summed E-state index contributed by atoms with van der Waals surface area (Å²) in [5, 5.41) is 39.1. The molecule has 0 heterocycles. The molecule has 0 radical (unpaired) electrons. The highest BCUT2D eigenvalue weighted by atomic mass is 32.2. The number of Topliss-reactive ketones (excluding diaryl/α,β-unsaturated/α-hetero) is 2. The van der Waals surface area contributed by atoms with Crippen LogP contribution in [0.4, 0.5) is 0 Å². The molecule has 0 spiro atoms. The molecule has 20 heteroatoms. The minimum atomic E-state index is -2.93. The van der Waals surface area contributed by atoms with Gasteiger partial charge in [-0.3, -0.25) is 19.2 Å². The predicted molar refractivity (Wildman–Crippen MR) is 320 cm³/mol. The van der Waals surface area contributed by atoms with E-state index in [1.165, 1.54) is 0 Å². The van der Waals surface area contributed by atoms with Crippen molar-refractivity contribution in [3.8, 4) is 12.1 Å². The van der Waals surface area contributed by atoms with Gasteiger partial charge in [-0.05, 0) is 129 Å². The van der Waals surface area contributed by atoms with Crippen LogP contribution in [0.5, 0.6) is 0 Å². The summed E-state index contributed by atoms with van der Waals surface area (Å²) in [6, 6.07) is 13.2. The van der Waals surface area contributed by atoms with Crippen LogP contribution in [0, 0.1) is 81.8 Å². The van der Waals surface area contributed by atoms with E-state index in [0.29, 0.717) is 102 Å². The van der Waals surface area contributed by atoms with Gasteiger partial charge in [-0.15, -0.1) is 0 Å². The molecule has 456 valence electrons. The molecule has 1 aliphatic carbocycles. The van der Waals surface area contributed by atoms with E-state index >= 15 is 0 Å². The molecule has 0 bridgehead atoms. The third kappa shape index (κ3) is 22.4. The largest absolute Gasteiger partial charge is 0.500 e. The fourth-order valence-corrected chi connectivity index (χ4v) is 20.7. The zero-order chi connectivity index (χ0) is 60.0. The Morgan fingerprint density at radius 3 is 1.11 bits per heavy atom. The van der Waals surface area contributed by atoms with Crippen LogP contribution in [0.1, 0.15) is 172 Å². The van der Waals surface area contributed by atoms with Crippen molar-refractivity contribution in [2.75, 3.05) is 64.4 Å². The molecule has 0 aliphatic heterocycles. The maximum Gasteiger partial charge on any atom is 0.500 e. The van der Waals surface area contributed by atoms with Crippen LogP contribution in [0.2, 0.25) is 12.1 Å². The number of aliphatic hydroxyl groups excluding tert-OH is 2. The number of hydrogen-bond donors (Lipinski definition) is 2. The van der Waals surface area contributed by atoms with Crippen molar-refractivity contribution in [2.45, 2.75) is 183 Å². The average Bonchev–Trinajstić information content (AvgIpc) is 3.44. The number of nitriles is 2. The third-order valence-corrected chi connectivity index (χ3v) is 25.4. The van der Waals surface area contributed by atoms with Crippen molar-refractivity contribution in [3.63, 3.8) is 0 Å². The summed E-state index contributed by atoms with van der Waals surface area (Å²) in [5.74, 6) is -3.75. The van der Waals surface area contributed by atoms with Crippen molar-refractivity contribution in [1.29, 1.82) is 10.5 Å². The molecule has 1 aromatic rings. The number of fused-ring (bicyclic) bond motifs is 1. The van der Waals surface area contributed by atoms with Crippen molar-refractivity contribution >= 4 is 64.6 Å². The summed E-state index contributed by atoms with van der Waals surface area (Å²) in [6.45, 7) is 28.7. The summed E-state index contributed by atoms with van der Waals surface area (Å²) in [6.07, 6.45) is 2.50. The Hall–Kier alpha value is -2.71. The molecule has 16 nitrogen and oxygen atoms in total. The molecule has 2 rings (SSSR count). The molecule has 80 heavy (non-hydrogen) atoms. The molecule has 12 unspecified atom stereocenters. The maximum absolute atomic E-state index is 14.7. The number of rotatable bonds is 46. The number of carbonyl (C=O) groups excluding carboxylic acids is 4. The Morgan fingerprint density at radius 1 is 0.537 bits per heavy atom. The number of esters is 2. The lowest BCUT2D eigenvalue weighted by molar-refractivity contribution is -0.181. The number of benzene rings is 1. The second-order valence-electron chi connectivity index (χ2n) is 21.5. The molecule has 0 aromatic heterocycles. The van der Waals surface area contributed by atoms with E-state index < -0.39 is 78.6 Å². The van der Waals surface area contributed by atoms with E-state index in [1.54, 1.807) is 37.4 Å². The molecule has 14 atom stereocenters. The SMILES string of the molecule is CCO[Si](CCCSC(C(C)CC(CC(C)C#N)C(=O)CO)C(CC)C(C)C(=O)O[C@@H]1c2ccccc2[C@@H]1OC(=O)C(C)C(CC)C(SCCC[Si](OCC)(OCC)OCC)C(C)CC(CC(C)C#N)C(=O)CO)(OCC)OCC. The predicted octanol–water partition coefficient (Wildman–Crippen LogP) is 11.8. The van der Waals surface area contributed by atoms with Gasteiger partial charge in [-0.25, -0.2) is 0 Å². The lowest BCUT2D eigenvalue weighted by Gasteiger charge is -2.41. The highest BCUT2D eigenvalue weighted by Crippen LogP contribution is 2.50. The maximum atomic E-state index is 14.7. The monoisotopic (exact) mass is 1190 g/mol. The van der Waals surface area contributed by atoms with Crippen LogP contribution >= 0.6 is 23.5 Å². The van der Waals surface area contributed by atoms with Crippen LogP contribution in [-0.4, -0.2) is 126 Å². The number of ketones is 2. The van der Waals surface area contributed by atoms with Crippen LogP contribution in [-0.2, 0) is 55.2 Å². The molecule has 0 fully saturated rings. The Kier molecular flexibility index (Phi) is 35.8. The Morgan fingerprint density at radius 2 is 0.850 bits per heavy atom. The van der Waals surface area contributed by atoms with Crippen molar-refractivity contribution in [1.82, 2.24) is 0 Å². The highest BCUT2D eigenvalue weighted by Gasteiger charge is 2.48. The van der Waals surface area contributed by atoms with Crippen LogP contribution in [0.25, 0.3) is 0 Å².